The molecule has 0 aliphatic heterocycles. The fourth-order valence-corrected chi connectivity index (χ4v) is 15.7. The third-order valence-electron chi connectivity index (χ3n) is 12.4. The Hall–Kier alpha value is -3.47. The van der Waals surface area contributed by atoms with Gasteiger partial charge in [0.25, 0.3) is 30.4 Å². The molecule has 0 spiro atoms. The van der Waals surface area contributed by atoms with Crippen molar-refractivity contribution in [3.05, 3.63) is 36.4 Å². The van der Waals surface area contributed by atoms with Gasteiger partial charge in [0.15, 0.2) is 0 Å². The number of anilines is 1. The van der Waals surface area contributed by atoms with Crippen LogP contribution in [-0.4, -0.2) is 200 Å². The van der Waals surface area contributed by atoms with Gasteiger partial charge in [0, 0.05) is 91.4 Å². The van der Waals surface area contributed by atoms with E-state index in [1.165, 1.54) is 38.4 Å². The molecule has 0 amide bonds. The van der Waals surface area contributed by atoms with Crippen LogP contribution >= 0.6 is 0 Å². The van der Waals surface area contributed by atoms with Crippen LogP contribution in [0.3, 0.4) is 0 Å². The van der Waals surface area contributed by atoms with Crippen LogP contribution in [0.5, 0.6) is 0 Å². The van der Waals surface area contributed by atoms with E-state index in [9.17, 15) is 55.3 Å². The highest BCUT2D eigenvalue weighted by Crippen LogP contribution is 2.46. The molecule has 0 aliphatic carbocycles. The molecule has 0 aliphatic rings. The van der Waals surface area contributed by atoms with Crippen LogP contribution in [0.1, 0.15) is 82.1 Å². The van der Waals surface area contributed by atoms with Crippen molar-refractivity contribution in [2.45, 2.75) is 103 Å². The fraction of sp³-hybridized carbons (Fsp3) is 0.673. The quantitative estimate of drug-likeness (QED) is 0.0260. The number of hydrogen-bond acceptors (Lipinski definition) is 21. The van der Waals surface area contributed by atoms with Crippen LogP contribution < -0.4 is 5.32 Å². The SMILES string of the molecule is COC(=O)COCCOCCOCCCC(C)Nc1cc(S(=O)(=O)N(C)CCS(=O)(=O)OCC(C)(C)C)c2ccc3c(S(=O)(=O)N(C)CCS(=O)(=O)OCC(C)(C)C)cc(S(=O)(=O)N(C)CCS(=O)(=O)OCC(C)(C)C)c4ccc1c2c43. The molecular formula is C52H84N4O20S6. The number of carbonyl (C=O) groups is 1. The van der Waals surface area contributed by atoms with E-state index in [0.717, 1.165) is 33.1 Å². The average molecular weight is 1280 g/mol. The summed E-state index contributed by atoms with van der Waals surface area (Å²) in [4.78, 5) is 9.66. The Morgan fingerprint density at radius 1 is 0.500 bits per heavy atom. The maximum Gasteiger partial charge on any atom is 0.331 e. The number of hydrogen-bond donors (Lipinski definition) is 1. The topological polar surface area (TPSA) is 308 Å². The van der Waals surface area contributed by atoms with Crippen LogP contribution in [0.15, 0.2) is 51.1 Å². The van der Waals surface area contributed by atoms with Crippen molar-refractivity contribution < 1.29 is 86.8 Å². The number of carbonyl (C=O) groups excluding carboxylic acids is 1. The molecule has 1 N–H and O–H groups in total. The molecule has 0 saturated carbocycles. The Morgan fingerprint density at radius 3 is 1.20 bits per heavy atom. The molecule has 1 unspecified atom stereocenters. The largest absolute Gasteiger partial charge is 0.467 e. The van der Waals surface area contributed by atoms with Gasteiger partial charge in [-0.15, -0.1) is 0 Å². The Balaban J connectivity index is 1.93. The molecule has 24 nitrogen and oxygen atoms in total. The van der Waals surface area contributed by atoms with Crippen LogP contribution in [-0.2, 0) is 96.7 Å². The molecule has 468 valence electrons. The van der Waals surface area contributed by atoms with Gasteiger partial charge >= 0.3 is 5.97 Å². The minimum absolute atomic E-state index is 0.000532. The normalized spacial score (nSPS) is 14.3. The molecule has 0 fully saturated rings. The molecule has 0 saturated heterocycles. The Labute approximate surface area is 486 Å². The maximum absolute atomic E-state index is 15.0. The fourth-order valence-electron chi connectivity index (χ4n) is 7.70. The second-order valence-electron chi connectivity index (χ2n) is 23.6. The maximum atomic E-state index is 15.0. The lowest BCUT2D eigenvalue weighted by Gasteiger charge is -2.26. The molecule has 4 rings (SSSR count). The van der Waals surface area contributed by atoms with Gasteiger partial charge < -0.3 is 24.3 Å². The van der Waals surface area contributed by atoms with E-state index >= 15 is 0 Å². The lowest BCUT2D eigenvalue weighted by Crippen LogP contribution is -2.34. The molecule has 82 heavy (non-hydrogen) atoms. The molecule has 0 bridgehead atoms. The summed E-state index contributed by atoms with van der Waals surface area (Å²) in [5.74, 6) is -2.80. The van der Waals surface area contributed by atoms with E-state index < -0.39 is 135 Å². The Morgan fingerprint density at radius 2 is 0.829 bits per heavy atom. The summed E-state index contributed by atoms with van der Waals surface area (Å²) >= 11 is 0. The van der Waals surface area contributed by atoms with Crippen LogP contribution in [0.25, 0.3) is 32.3 Å². The Bertz CT molecular complexity index is 3420. The number of ether oxygens (including phenoxy) is 4. The first-order valence-electron chi connectivity index (χ1n) is 26.4. The van der Waals surface area contributed by atoms with Crippen molar-refractivity contribution >= 4 is 104 Å². The van der Waals surface area contributed by atoms with Gasteiger partial charge in [-0.25, -0.2) is 30.0 Å². The number of esters is 1. The lowest BCUT2D eigenvalue weighted by molar-refractivity contribution is -0.146. The predicted molar refractivity (Wildman–Crippen MR) is 314 cm³/mol. The lowest BCUT2D eigenvalue weighted by atomic mass is 9.93. The highest BCUT2D eigenvalue weighted by atomic mass is 32.2. The zero-order valence-corrected chi connectivity index (χ0v) is 54.4. The number of methoxy groups -OCH3 is 1. The molecule has 30 heteroatoms. The monoisotopic (exact) mass is 1280 g/mol. The van der Waals surface area contributed by atoms with Gasteiger partial charge in [-0.3, -0.25) is 12.5 Å². The molecule has 0 heterocycles. The third kappa shape index (κ3) is 20.6. The minimum atomic E-state index is -4.88. The molecular weight excluding hydrogens is 1190 g/mol. The summed E-state index contributed by atoms with van der Waals surface area (Å²) in [6.45, 7) is 16.3. The molecule has 4 aromatic rings. The van der Waals surface area contributed by atoms with E-state index in [2.05, 4.69) is 10.1 Å². The first kappa shape index (κ1) is 71.0. The van der Waals surface area contributed by atoms with Gasteiger partial charge in [0.2, 0.25) is 30.1 Å². The Kier molecular flexibility index (Phi) is 24.6. The standard InChI is InChI=1S/C52H84N4O20S6/c1-38(16-15-24-71-25-26-72-27-28-73-34-47(57)70-14)53-43-32-44(80(64,65)54(11)21-29-77(58,59)74-35-50(2,3)4)40-19-20-42-46(82(68,69)56(13)23-31-79(62,63)76-37-52(8,9)10)33-45(41-18-17-39(43)48(40)49(41)42)81(66,67)55(12)22-30-78(60,61)75-36-51(5,6)7/h17-20,32-33,38,53H,15-16,21-31,34-37H2,1-14H3. The van der Waals surface area contributed by atoms with E-state index in [4.69, 9.17) is 26.8 Å². The van der Waals surface area contributed by atoms with E-state index in [1.54, 1.807) is 68.4 Å². The van der Waals surface area contributed by atoms with Gasteiger partial charge in [-0.05, 0) is 48.1 Å². The zero-order valence-electron chi connectivity index (χ0n) is 49.5. The van der Waals surface area contributed by atoms with Crippen molar-refractivity contribution in [2.24, 2.45) is 16.2 Å². The molecule has 1 atom stereocenters. The molecule has 0 radical (unpaired) electrons. The number of sulfonamides is 3. The first-order valence-corrected chi connectivity index (χ1v) is 35.4. The van der Waals surface area contributed by atoms with Crippen LogP contribution in [0, 0.1) is 16.2 Å². The summed E-state index contributed by atoms with van der Waals surface area (Å²) in [5, 5.41) is 3.62. The van der Waals surface area contributed by atoms with Crippen molar-refractivity contribution in [1.82, 2.24) is 12.9 Å². The van der Waals surface area contributed by atoms with Crippen molar-refractivity contribution in [1.29, 1.82) is 0 Å². The highest BCUT2D eigenvalue weighted by molar-refractivity contribution is 7.91. The predicted octanol–water partition coefficient (Wildman–Crippen LogP) is 5.43. The van der Waals surface area contributed by atoms with Crippen LogP contribution in [0.4, 0.5) is 5.69 Å². The summed E-state index contributed by atoms with van der Waals surface area (Å²) in [6, 6.07) is 7.56. The summed E-state index contributed by atoms with van der Waals surface area (Å²) in [5.41, 5.74) is -1.44. The molecule has 0 aromatic heterocycles. The summed E-state index contributed by atoms with van der Waals surface area (Å²) < 4.78 is 207. The third-order valence-corrected chi connectivity index (χ3v) is 21.5. The molecule has 4 aromatic carbocycles. The van der Waals surface area contributed by atoms with Gasteiger partial charge in [0.05, 0.1) is 85.3 Å². The second kappa shape index (κ2) is 28.4. The first-order chi connectivity index (χ1) is 37.5. The van der Waals surface area contributed by atoms with Crippen molar-refractivity contribution in [3.63, 3.8) is 0 Å². The second-order valence-corrected chi connectivity index (χ2v) is 35.0. The van der Waals surface area contributed by atoms with Gasteiger partial charge in [-0.2, -0.15) is 38.2 Å². The number of nitrogens with zero attached hydrogens (tertiary/aromatic N) is 3. The smallest absolute Gasteiger partial charge is 0.331 e. The number of rotatable bonds is 35. The minimum Gasteiger partial charge on any atom is -0.467 e. The number of nitrogens with one attached hydrogen (secondary N) is 1. The van der Waals surface area contributed by atoms with Crippen molar-refractivity contribution in [2.75, 3.05) is 130 Å². The number of benzene rings is 4. The zero-order chi connectivity index (χ0) is 62.1. The van der Waals surface area contributed by atoms with Crippen molar-refractivity contribution in [3.8, 4) is 0 Å². The average Bonchev–Trinajstić information content (AvgIpc) is 1.29. The van der Waals surface area contributed by atoms with E-state index in [1.807, 2.05) is 6.92 Å². The van der Waals surface area contributed by atoms with Crippen LogP contribution in [0.2, 0.25) is 0 Å². The summed E-state index contributed by atoms with van der Waals surface area (Å²) in [7, 11) is -22.6. The summed E-state index contributed by atoms with van der Waals surface area (Å²) in [6.07, 6.45) is 0.982. The van der Waals surface area contributed by atoms with E-state index in [0.29, 0.717) is 24.8 Å². The van der Waals surface area contributed by atoms with E-state index in [-0.39, 0.29) is 90.4 Å². The highest BCUT2D eigenvalue weighted by Gasteiger charge is 2.35. The van der Waals surface area contributed by atoms with Gasteiger partial charge in [-0.1, -0.05) is 86.6 Å². The van der Waals surface area contributed by atoms with Gasteiger partial charge in [0.1, 0.15) is 6.61 Å².